The van der Waals surface area contributed by atoms with Crippen molar-refractivity contribution in [3.8, 4) is 0 Å². The number of likely N-dealkylation sites (tertiary alicyclic amines) is 1. The van der Waals surface area contributed by atoms with E-state index in [2.05, 4.69) is 13.2 Å². The maximum absolute atomic E-state index is 14.9. The normalized spacial score (nSPS) is 29.3. The zero-order valence-corrected chi connectivity index (χ0v) is 25.9. The lowest BCUT2D eigenvalue weighted by Gasteiger charge is -2.42. The van der Waals surface area contributed by atoms with Gasteiger partial charge in [-0.05, 0) is 44.1 Å². The van der Waals surface area contributed by atoms with Crippen LogP contribution in [-0.4, -0.2) is 91.9 Å². The van der Waals surface area contributed by atoms with Gasteiger partial charge < -0.3 is 19.8 Å². The molecule has 6 atom stereocenters. The van der Waals surface area contributed by atoms with Crippen LogP contribution in [0.3, 0.4) is 0 Å². The summed E-state index contributed by atoms with van der Waals surface area (Å²) in [6.45, 7) is 11.1. The summed E-state index contributed by atoms with van der Waals surface area (Å²) in [5.41, 5.74) is 1.00. The molecule has 7 nitrogen and oxygen atoms in total. The second kappa shape index (κ2) is 13.4. The van der Waals surface area contributed by atoms with Crippen molar-refractivity contribution in [3.05, 3.63) is 61.2 Å². The third-order valence-corrected chi connectivity index (χ3v) is 11.9. The number of carbonyl (C=O) groups is 3. The van der Waals surface area contributed by atoms with Crippen molar-refractivity contribution in [1.29, 1.82) is 0 Å². The fourth-order valence-corrected chi connectivity index (χ4v) is 10.4. The number of hydrogen-bond acceptors (Lipinski definition) is 5. The van der Waals surface area contributed by atoms with Crippen LogP contribution < -0.4 is 0 Å². The molecule has 0 aromatic heterocycles. The van der Waals surface area contributed by atoms with E-state index < -0.39 is 28.7 Å². The van der Waals surface area contributed by atoms with E-state index in [4.69, 9.17) is 0 Å². The minimum atomic E-state index is -0.718. The van der Waals surface area contributed by atoms with Gasteiger partial charge in [0.1, 0.15) is 6.04 Å². The standard InChI is InChI=1S/C34H47N3O4S/c1-4-19-35(20-5-2)31(39)28-27-17-18-34(42-27)29(28)32(40)37(26(23-38)22-24-13-9-7-10-14-24)30(34)33(41)36(21-6-3)25-15-11-8-12-16-25/h4,6-7,9-10,13-14,25-30,38H,1,3,5,8,11-12,15-23H2,2H3/t26-,27+,28-,29+,30?,34?/m1/s1. The van der Waals surface area contributed by atoms with Crippen molar-refractivity contribution in [2.75, 3.05) is 26.2 Å². The Hall–Kier alpha value is -2.58. The van der Waals surface area contributed by atoms with Crippen LogP contribution in [0.4, 0.5) is 0 Å². The van der Waals surface area contributed by atoms with E-state index in [0.29, 0.717) is 26.1 Å². The van der Waals surface area contributed by atoms with Crippen LogP contribution in [0, 0.1) is 11.8 Å². The van der Waals surface area contributed by atoms with Crippen LogP contribution in [0.15, 0.2) is 55.6 Å². The summed E-state index contributed by atoms with van der Waals surface area (Å²) in [6.07, 6.45) is 11.6. The van der Waals surface area contributed by atoms with Gasteiger partial charge in [-0.15, -0.1) is 24.9 Å². The highest BCUT2D eigenvalue weighted by Gasteiger charge is 2.74. The van der Waals surface area contributed by atoms with Gasteiger partial charge in [0.2, 0.25) is 17.7 Å². The summed E-state index contributed by atoms with van der Waals surface area (Å²) >= 11 is 1.71. The molecule has 3 aliphatic heterocycles. The first kappa shape index (κ1) is 30.9. The predicted molar refractivity (Wildman–Crippen MR) is 168 cm³/mol. The Labute approximate surface area is 255 Å². The summed E-state index contributed by atoms with van der Waals surface area (Å²) in [6, 6.07) is 8.69. The second-order valence-electron chi connectivity index (χ2n) is 12.5. The van der Waals surface area contributed by atoms with E-state index >= 15 is 0 Å². The fraction of sp³-hybridized carbons (Fsp3) is 0.618. The van der Waals surface area contributed by atoms with Crippen LogP contribution in [0.1, 0.15) is 63.9 Å². The Bertz CT molecular complexity index is 1150. The van der Waals surface area contributed by atoms with E-state index in [0.717, 1.165) is 50.5 Å². The second-order valence-corrected chi connectivity index (χ2v) is 14.1. The molecule has 1 aromatic rings. The average molecular weight is 594 g/mol. The first-order chi connectivity index (χ1) is 20.4. The number of thioether (sulfide) groups is 1. The highest BCUT2D eigenvalue weighted by molar-refractivity contribution is 8.02. The Morgan fingerprint density at radius 2 is 1.81 bits per heavy atom. The van der Waals surface area contributed by atoms with Gasteiger partial charge in [-0.25, -0.2) is 0 Å². The fourth-order valence-electron chi connectivity index (χ4n) is 8.22. The predicted octanol–water partition coefficient (Wildman–Crippen LogP) is 4.45. The van der Waals surface area contributed by atoms with Gasteiger partial charge in [0.15, 0.2) is 0 Å². The van der Waals surface area contributed by atoms with E-state index in [-0.39, 0.29) is 35.6 Å². The van der Waals surface area contributed by atoms with Crippen molar-refractivity contribution in [3.63, 3.8) is 0 Å². The summed E-state index contributed by atoms with van der Waals surface area (Å²) in [7, 11) is 0. The van der Waals surface area contributed by atoms with Crippen molar-refractivity contribution in [2.45, 2.75) is 92.8 Å². The van der Waals surface area contributed by atoms with Gasteiger partial charge in [0.25, 0.3) is 0 Å². The topological polar surface area (TPSA) is 81.2 Å². The number of aliphatic hydroxyl groups excluding tert-OH is 1. The highest BCUT2D eigenvalue weighted by atomic mass is 32.2. The number of benzene rings is 1. The summed E-state index contributed by atoms with van der Waals surface area (Å²) in [5.74, 6) is -1.23. The van der Waals surface area contributed by atoms with Gasteiger partial charge in [-0.3, -0.25) is 14.4 Å². The lowest BCUT2D eigenvalue weighted by atomic mass is 9.70. The molecule has 1 saturated carbocycles. The first-order valence-corrected chi connectivity index (χ1v) is 16.8. The van der Waals surface area contributed by atoms with Crippen molar-refractivity contribution in [1.82, 2.24) is 14.7 Å². The molecule has 42 heavy (non-hydrogen) atoms. The Morgan fingerprint density at radius 1 is 1.10 bits per heavy atom. The van der Waals surface area contributed by atoms with Gasteiger partial charge in [-0.2, -0.15) is 0 Å². The molecule has 2 bridgehead atoms. The molecule has 3 saturated heterocycles. The van der Waals surface area contributed by atoms with E-state index in [1.165, 1.54) is 6.42 Å². The number of hydrogen-bond donors (Lipinski definition) is 1. The zero-order chi connectivity index (χ0) is 29.9. The van der Waals surface area contributed by atoms with Crippen molar-refractivity contribution in [2.24, 2.45) is 11.8 Å². The first-order valence-electron chi connectivity index (χ1n) is 15.9. The molecular formula is C34H47N3O4S. The maximum atomic E-state index is 14.9. The maximum Gasteiger partial charge on any atom is 0.247 e. The Morgan fingerprint density at radius 3 is 2.45 bits per heavy atom. The third kappa shape index (κ3) is 5.45. The largest absolute Gasteiger partial charge is 0.394 e. The lowest BCUT2D eigenvalue weighted by Crippen LogP contribution is -2.59. The summed E-state index contributed by atoms with van der Waals surface area (Å²) < 4.78 is -0.677. The number of nitrogens with zero attached hydrogens (tertiary/aromatic N) is 3. The molecule has 1 spiro atoms. The smallest absolute Gasteiger partial charge is 0.247 e. The van der Waals surface area contributed by atoms with E-state index in [1.807, 2.05) is 47.1 Å². The van der Waals surface area contributed by atoms with Crippen LogP contribution in [-0.2, 0) is 20.8 Å². The third-order valence-electron chi connectivity index (χ3n) is 9.95. The zero-order valence-electron chi connectivity index (χ0n) is 25.0. The molecule has 4 aliphatic rings. The van der Waals surface area contributed by atoms with Crippen LogP contribution >= 0.6 is 11.8 Å². The highest BCUT2D eigenvalue weighted by Crippen LogP contribution is 2.67. The minimum absolute atomic E-state index is 0.000981. The molecule has 1 aromatic carbocycles. The Kier molecular flexibility index (Phi) is 9.83. The molecule has 8 heteroatoms. The van der Waals surface area contributed by atoms with E-state index in [9.17, 15) is 19.5 Å². The number of rotatable bonds is 13. The number of amides is 3. The molecule has 1 N–H and O–H groups in total. The monoisotopic (exact) mass is 593 g/mol. The average Bonchev–Trinajstić information content (AvgIpc) is 3.66. The molecule has 3 heterocycles. The van der Waals surface area contributed by atoms with E-state index in [1.54, 1.807) is 28.8 Å². The number of carbonyl (C=O) groups excluding carboxylic acids is 3. The van der Waals surface area contributed by atoms with Crippen LogP contribution in [0.25, 0.3) is 0 Å². The van der Waals surface area contributed by atoms with Gasteiger partial charge in [-0.1, -0.05) is 68.7 Å². The number of aliphatic hydroxyl groups is 1. The van der Waals surface area contributed by atoms with Crippen molar-refractivity contribution >= 4 is 29.5 Å². The van der Waals surface area contributed by atoms with Crippen LogP contribution in [0.2, 0.25) is 0 Å². The van der Waals surface area contributed by atoms with Crippen LogP contribution in [0.5, 0.6) is 0 Å². The summed E-state index contributed by atoms with van der Waals surface area (Å²) in [4.78, 5) is 49.3. The Balaban J connectivity index is 1.57. The SMILES string of the molecule is C=CCN(CCC)C(=O)[C@@H]1[C@@H]2CCC3(S2)C(C(=O)N(CC=C)C2CCCCC2)N([C@@H](CO)Cc2ccccc2)C(=O)[C@H]13. The van der Waals surface area contributed by atoms with Gasteiger partial charge >= 0.3 is 0 Å². The molecule has 3 amide bonds. The molecule has 1 aliphatic carbocycles. The molecular weight excluding hydrogens is 546 g/mol. The molecule has 228 valence electrons. The van der Waals surface area contributed by atoms with Gasteiger partial charge in [0, 0.05) is 30.9 Å². The van der Waals surface area contributed by atoms with Crippen molar-refractivity contribution < 1.29 is 19.5 Å². The summed E-state index contributed by atoms with van der Waals surface area (Å²) in [5, 5.41) is 10.8. The quantitative estimate of drug-likeness (QED) is 0.342. The lowest BCUT2D eigenvalue weighted by molar-refractivity contribution is -0.148. The molecule has 0 radical (unpaired) electrons. The van der Waals surface area contributed by atoms with Gasteiger partial charge in [0.05, 0.1) is 29.2 Å². The number of fused-ring (bicyclic) bond motifs is 1. The molecule has 5 rings (SSSR count). The molecule has 4 fully saturated rings. The minimum Gasteiger partial charge on any atom is -0.394 e. The molecule has 2 unspecified atom stereocenters.